The van der Waals surface area contributed by atoms with E-state index in [9.17, 15) is 0 Å². The standard InChI is InChI=1S/C17H25NO3/c1-4-6-18-12-13(5-2)9-14-10-15(19-3)17-16(11-14)20-7-8-21-17/h9-11,18H,4-8,12H2,1-3H3. The van der Waals surface area contributed by atoms with Gasteiger partial charge in [0.25, 0.3) is 0 Å². The number of methoxy groups -OCH3 is 1. The van der Waals surface area contributed by atoms with Crippen molar-refractivity contribution in [2.24, 2.45) is 0 Å². The van der Waals surface area contributed by atoms with E-state index in [-0.39, 0.29) is 0 Å². The van der Waals surface area contributed by atoms with Crippen molar-refractivity contribution in [3.8, 4) is 17.2 Å². The Labute approximate surface area is 127 Å². The van der Waals surface area contributed by atoms with Crippen LogP contribution in [0.15, 0.2) is 17.7 Å². The fourth-order valence-electron chi connectivity index (χ4n) is 2.32. The molecule has 21 heavy (non-hydrogen) atoms. The summed E-state index contributed by atoms with van der Waals surface area (Å²) in [6.45, 7) is 7.47. The molecular formula is C17H25NO3. The lowest BCUT2D eigenvalue weighted by Gasteiger charge is -2.21. The molecule has 1 heterocycles. The molecular weight excluding hydrogens is 266 g/mol. The summed E-state index contributed by atoms with van der Waals surface area (Å²) < 4.78 is 16.7. The van der Waals surface area contributed by atoms with Crippen LogP contribution in [0.4, 0.5) is 0 Å². The molecule has 0 atom stereocenters. The number of fused-ring (bicyclic) bond motifs is 1. The van der Waals surface area contributed by atoms with Gasteiger partial charge < -0.3 is 19.5 Å². The zero-order chi connectivity index (χ0) is 15.1. The maximum atomic E-state index is 5.67. The molecule has 0 spiro atoms. The summed E-state index contributed by atoms with van der Waals surface area (Å²) in [6, 6.07) is 4.02. The highest BCUT2D eigenvalue weighted by atomic mass is 16.6. The molecule has 0 saturated heterocycles. The van der Waals surface area contributed by atoms with Crippen LogP contribution in [-0.2, 0) is 0 Å². The van der Waals surface area contributed by atoms with Crippen LogP contribution in [0.5, 0.6) is 17.2 Å². The van der Waals surface area contributed by atoms with Crippen molar-refractivity contribution in [3.05, 3.63) is 23.3 Å². The third-order valence-corrected chi connectivity index (χ3v) is 3.45. The van der Waals surface area contributed by atoms with Gasteiger partial charge in [-0.2, -0.15) is 0 Å². The van der Waals surface area contributed by atoms with Gasteiger partial charge in [-0.15, -0.1) is 0 Å². The van der Waals surface area contributed by atoms with Gasteiger partial charge in [-0.25, -0.2) is 0 Å². The number of rotatable bonds is 7. The molecule has 1 N–H and O–H groups in total. The number of benzene rings is 1. The number of hydrogen-bond acceptors (Lipinski definition) is 4. The van der Waals surface area contributed by atoms with Crippen LogP contribution in [0.2, 0.25) is 0 Å². The van der Waals surface area contributed by atoms with Gasteiger partial charge in [-0.3, -0.25) is 0 Å². The fraction of sp³-hybridized carbons (Fsp3) is 0.529. The monoisotopic (exact) mass is 291 g/mol. The first-order valence-electron chi connectivity index (χ1n) is 7.66. The van der Waals surface area contributed by atoms with E-state index in [2.05, 4.69) is 25.2 Å². The highest BCUT2D eigenvalue weighted by Crippen LogP contribution is 2.40. The van der Waals surface area contributed by atoms with E-state index in [0.29, 0.717) is 19.0 Å². The maximum Gasteiger partial charge on any atom is 0.203 e. The van der Waals surface area contributed by atoms with E-state index in [1.807, 2.05) is 12.1 Å². The largest absolute Gasteiger partial charge is 0.493 e. The summed E-state index contributed by atoms with van der Waals surface area (Å²) in [6.07, 6.45) is 4.37. The Morgan fingerprint density at radius 1 is 1.29 bits per heavy atom. The average Bonchev–Trinajstić information content (AvgIpc) is 2.53. The second-order valence-corrected chi connectivity index (χ2v) is 5.08. The average molecular weight is 291 g/mol. The molecule has 0 saturated carbocycles. The molecule has 1 aromatic carbocycles. The molecule has 0 fully saturated rings. The lowest BCUT2D eigenvalue weighted by Crippen LogP contribution is -2.17. The fourth-order valence-corrected chi connectivity index (χ4v) is 2.32. The molecule has 0 unspecified atom stereocenters. The quantitative estimate of drug-likeness (QED) is 0.783. The van der Waals surface area contributed by atoms with Crippen molar-refractivity contribution in [2.45, 2.75) is 26.7 Å². The zero-order valence-corrected chi connectivity index (χ0v) is 13.2. The van der Waals surface area contributed by atoms with Crippen LogP contribution < -0.4 is 19.5 Å². The van der Waals surface area contributed by atoms with E-state index >= 15 is 0 Å². The summed E-state index contributed by atoms with van der Waals surface area (Å²) >= 11 is 0. The van der Waals surface area contributed by atoms with Crippen molar-refractivity contribution in [1.82, 2.24) is 5.32 Å². The maximum absolute atomic E-state index is 5.67. The molecule has 0 bridgehead atoms. The first-order valence-corrected chi connectivity index (χ1v) is 7.66. The molecule has 0 radical (unpaired) electrons. The van der Waals surface area contributed by atoms with Crippen molar-refractivity contribution < 1.29 is 14.2 Å². The molecule has 0 aliphatic carbocycles. The van der Waals surface area contributed by atoms with Gasteiger partial charge in [-0.05, 0) is 37.1 Å². The number of hydrogen-bond donors (Lipinski definition) is 1. The predicted octanol–water partition coefficient (Wildman–Crippen LogP) is 3.26. The lowest BCUT2D eigenvalue weighted by molar-refractivity contribution is 0.165. The van der Waals surface area contributed by atoms with Gasteiger partial charge in [0.2, 0.25) is 5.75 Å². The second-order valence-electron chi connectivity index (χ2n) is 5.08. The van der Waals surface area contributed by atoms with Gasteiger partial charge in [0.15, 0.2) is 11.5 Å². The van der Waals surface area contributed by atoms with Gasteiger partial charge >= 0.3 is 0 Å². The highest BCUT2D eigenvalue weighted by Gasteiger charge is 2.17. The summed E-state index contributed by atoms with van der Waals surface area (Å²) in [5.74, 6) is 2.21. The van der Waals surface area contributed by atoms with Crippen LogP contribution in [0.1, 0.15) is 32.3 Å². The van der Waals surface area contributed by atoms with E-state index in [4.69, 9.17) is 14.2 Å². The van der Waals surface area contributed by atoms with E-state index in [1.54, 1.807) is 7.11 Å². The van der Waals surface area contributed by atoms with E-state index < -0.39 is 0 Å². The molecule has 116 valence electrons. The minimum absolute atomic E-state index is 0.569. The first kappa shape index (κ1) is 15.7. The molecule has 0 aromatic heterocycles. The Morgan fingerprint density at radius 2 is 2.10 bits per heavy atom. The van der Waals surface area contributed by atoms with E-state index in [0.717, 1.165) is 43.0 Å². The predicted molar refractivity (Wildman–Crippen MR) is 85.4 cm³/mol. The van der Waals surface area contributed by atoms with E-state index in [1.165, 1.54) is 5.57 Å². The summed E-state index contributed by atoms with van der Waals surface area (Å²) in [7, 11) is 1.66. The SMILES string of the molecule is CCCNCC(=Cc1cc(OC)c2c(c1)OCCO2)CC. The van der Waals surface area contributed by atoms with Gasteiger partial charge in [0.1, 0.15) is 13.2 Å². The minimum atomic E-state index is 0.569. The Kier molecular flexibility index (Phi) is 5.93. The van der Waals surface area contributed by atoms with Crippen LogP contribution >= 0.6 is 0 Å². The van der Waals surface area contributed by atoms with Crippen molar-refractivity contribution in [2.75, 3.05) is 33.4 Å². The van der Waals surface area contributed by atoms with Crippen LogP contribution in [0.3, 0.4) is 0 Å². The topological polar surface area (TPSA) is 39.7 Å². The number of ether oxygens (including phenoxy) is 3. The van der Waals surface area contributed by atoms with Crippen LogP contribution in [0, 0.1) is 0 Å². The zero-order valence-electron chi connectivity index (χ0n) is 13.2. The third-order valence-electron chi connectivity index (χ3n) is 3.45. The number of nitrogens with one attached hydrogen (secondary N) is 1. The first-order chi connectivity index (χ1) is 10.3. The van der Waals surface area contributed by atoms with Crippen LogP contribution in [-0.4, -0.2) is 33.4 Å². The normalized spacial score (nSPS) is 14.1. The molecule has 1 aromatic rings. The van der Waals surface area contributed by atoms with Gasteiger partial charge in [0, 0.05) is 6.54 Å². The second kappa shape index (κ2) is 7.93. The molecule has 2 rings (SSSR count). The van der Waals surface area contributed by atoms with Gasteiger partial charge in [-0.1, -0.05) is 25.5 Å². The Bertz CT molecular complexity index is 480. The van der Waals surface area contributed by atoms with Crippen molar-refractivity contribution in [3.63, 3.8) is 0 Å². The molecule has 4 heteroatoms. The Balaban J connectivity index is 2.22. The van der Waals surface area contributed by atoms with Gasteiger partial charge in [0.05, 0.1) is 7.11 Å². The summed E-state index contributed by atoms with van der Waals surface area (Å²) in [4.78, 5) is 0. The molecule has 1 aliphatic heterocycles. The third kappa shape index (κ3) is 4.14. The Hall–Kier alpha value is -1.68. The Morgan fingerprint density at radius 3 is 2.81 bits per heavy atom. The molecule has 0 amide bonds. The smallest absolute Gasteiger partial charge is 0.203 e. The molecule has 1 aliphatic rings. The van der Waals surface area contributed by atoms with Crippen molar-refractivity contribution >= 4 is 6.08 Å². The summed E-state index contributed by atoms with van der Waals surface area (Å²) in [5.41, 5.74) is 2.45. The lowest BCUT2D eigenvalue weighted by atomic mass is 10.1. The highest BCUT2D eigenvalue weighted by molar-refractivity contribution is 5.63. The molecule has 4 nitrogen and oxygen atoms in total. The van der Waals surface area contributed by atoms with Crippen molar-refractivity contribution in [1.29, 1.82) is 0 Å². The van der Waals surface area contributed by atoms with Crippen LogP contribution in [0.25, 0.3) is 6.08 Å². The summed E-state index contributed by atoms with van der Waals surface area (Å²) in [5, 5.41) is 3.44. The minimum Gasteiger partial charge on any atom is -0.493 e.